The standard InChI is InChI=1S/C47H75NO18/c1-47(2,3)66-45(50)12-14-52-16-18-54-20-22-56-24-26-58-28-30-60-32-34-62-36-37-63-35-33-61-31-29-59-27-25-57-23-21-55-19-17-53-15-13-48-44(49)40-64-43-11-7-10-42(38-43)46(51)65-39-41-8-5-4-6-9-41/h4-11,38H,12-37,39-40H2,1-3H3,(H,48,49). The summed E-state index contributed by atoms with van der Waals surface area (Å²) in [6.07, 6.45) is 0.222. The van der Waals surface area contributed by atoms with Gasteiger partial charge < -0.3 is 76.4 Å². The number of amides is 1. The summed E-state index contributed by atoms with van der Waals surface area (Å²) in [5.74, 6) is -0.666. The Labute approximate surface area is 390 Å². The summed E-state index contributed by atoms with van der Waals surface area (Å²) in [5, 5.41) is 2.72. The number of nitrogens with one attached hydrogen (secondary N) is 1. The monoisotopic (exact) mass is 941 g/mol. The summed E-state index contributed by atoms with van der Waals surface area (Å²) < 4.78 is 81.8. The van der Waals surface area contributed by atoms with E-state index in [0.29, 0.717) is 176 Å². The highest BCUT2D eigenvalue weighted by molar-refractivity contribution is 5.89. The van der Waals surface area contributed by atoms with Gasteiger partial charge in [0, 0.05) is 6.54 Å². The molecule has 2 aromatic carbocycles. The van der Waals surface area contributed by atoms with Crippen molar-refractivity contribution in [2.24, 2.45) is 0 Å². The van der Waals surface area contributed by atoms with Crippen LogP contribution in [-0.4, -0.2) is 195 Å². The summed E-state index contributed by atoms with van der Waals surface area (Å²) in [6.45, 7) is 16.4. The van der Waals surface area contributed by atoms with E-state index in [2.05, 4.69) is 5.32 Å². The molecule has 0 spiro atoms. The predicted molar refractivity (Wildman–Crippen MR) is 241 cm³/mol. The second-order valence-corrected chi connectivity index (χ2v) is 14.9. The molecule has 0 saturated heterocycles. The molecular weight excluding hydrogens is 867 g/mol. The lowest BCUT2D eigenvalue weighted by Gasteiger charge is -2.19. The third-order valence-corrected chi connectivity index (χ3v) is 8.18. The van der Waals surface area contributed by atoms with E-state index < -0.39 is 11.6 Å². The largest absolute Gasteiger partial charge is 0.484 e. The Morgan fingerprint density at radius 2 is 0.864 bits per heavy atom. The second kappa shape index (κ2) is 41.4. The summed E-state index contributed by atoms with van der Waals surface area (Å²) >= 11 is 0. The molecule has 2 rings (SSSR count). The lowest BCUT2D eigenvalue weighted by Crippen LogP contribution is -2.32. The Balaban J connectivity index is 1.19. The Hall–Kier alpha value is -3.83. The molecular formula is C47H75NO18. The lowest BCUT2D eigenvalue weighted by molar-refractivity contribution is -0.156. The molecule has 0 radical (unpaired) electrons. The maximum Gasteiger partial charge on any atom is 0.338 e. The third kappa shape index (κ3) is 37.3. The van der Waals surface area contributed by atoms with Crippen LogP contribution in [0.5, 0.6) is 5.75 Å². The molecule has 0 aliphatic rings. The Morgan fingerprint density at radius 3 is 1.27 bits per heavy atom. The van der Waals surface area contributed by atoms with Crippen molar-refractivity contribution < 1.29 is 85.4 Å². The Bertz CT molecular complexity index is 1460. The van der Waals surface area contributed by atoms with Crippen molar-refractivity contribution in [3.63, 3.8) is 0 Å². The van der Waals surface area contributed by atoms with Gasteiger partial charge in [-0.15, -0.1) is 0 Å². The first-order chi connectivity index (χ1) is 32.2. The molecule has 1 amide bonds. The number of rotatable bonds is 45. The van der Waals surface area contributed by atoms with Crippen LogP contribution in [0.25, 0.3) is 0 Å². The molecule has 0 aliphatic carbocycles. The molecule has 376 valence electrons. The minimum Gasteiger partial charge on any atom is -0.484 e. The zero-order valence-electron chi connectivity index (χ0n) is 39.3. The minimum atomic E-state index is -0.484. The van der Waals surface area contributed by atoms with Gasteiger partial charge in [0.25, 0.3) is 5.91 Å². The molecule has 19 nitrogen and oxygen atoms in total. The van der Waals surface area contributed by atoms with Crippen LogP contribution in [0.15, 0.2) is 54.6 Å². The molecule has 0 aromatic heterocycles. The average Bonchev–Trinajstić information content (AvgIpc) is 3.30. The molecule has 0 unspecified atom stereocenters. The number of benzene rings is 2. The van der Waals surface area contributed by atoms with Gasteiger partial charge in [-0.25, -0.2) is 4.79 Å². The van der Waals surface area contributed by atoms with Crippen molar-refractivity contribution in [2.45, 2.75) is 39.4 Å². The van der Waals surface area contributed by atoms with Crippen LogP contribution in [0.3, 0.4) is 0 Å². The smallest absolute Gasteiger partial charge is 0.338 e. The molecule has 0 heterocycles. The summed E-state index contributed by atoms with van der Waals surface area (Å²) in [4.78, 5) is 36.1. The Kier molecular flexibility index (Phi) is 36.5. The van der Waals surface area contributed by atoms with E-state index in [1.54, 1.807) is 24.3 Å². The number of carbonyl (C=O) groups excluding carboxylic acids is 3. The highest BCUT2D eigenvalue weighted by Crippen LogP contribution is 2.15. The van der Waals surface area contributed by atoms with Crippen LogP contribution in [0, 0.1) is 0 Å². The summed E-state index contributed by atoms with van der Waals surface area (Å²) in [5.41, 5.74) is 0.744. The number of ether oxygens (including phenoxy) is 15. The summed E-state index contributed by atoms with van der Waals surface area (Å²) in [6, 6.07) is 15.9. The molecule has 0 aliphatic heterocycles. The van der Waals surface area contributed by atoms with E-state index in [0.717, 1.165) is 5.56 Å². The first kappa shape index (κ1) is 58.3. The van der Waals surface area contributed by atoms with Crippen molar-refractivity contribution in [3.8, 4) is 5.75 Å². The van der Waals surface area contributed by atoms with Crippen LogP contribution in [0.2, 0.25) is 0 Å². The zero-order chi connectivity index (χ0) is 47.4. The van der Waals surface area contributed by atoms with Gasteiger partial charge in [-0.05, 0) is 44.5 Å². The maximum absolute atomic E-state index is 12.4. The zero-order valence-corrected chi connectivity index (χ0v) is 39.3. The van der Waals surface area contributed by atoms with Gasteiger partial charge in [0.2, 0.25) is 0 Å². The van der Waals surface area contributed by atoms with Crippen LogP contribution in [0.4, 0.5) is 0 Å². The minimum absolute atomic E-state index is 0.168. The fourth-order valence-corrected chi connectivity index (χ4v) is 5.05. The van der Waals surface area contributed by atoms with Gasteiger partial charge in [-0.1, -0.05) is 36.4 Å². The van der Waals surface area contributed by atoms with Gasteiger partial charge in [0.15, 0.2) is 6.61 Å². The highest BCUT2D eigenvalue weighted by Gasteiger charge is 2.16. The molecule has 0 atom stereocenters. The topological polar surface area (TPSA) is 202 Å². The van der Waals surface area contributed by atoms with Gasteiger partial charge in [-0.2, -0.15) is 0 Å². The van der Waals surface area contributed by atoms with Crippen LogP contribution >= 0.6 is 0 Å². The molecule has 19 heteroatoms. The Morgan fingerprint density at radius 1 is 0.470 bits per heavy atom. The van der Waals surface area contributed by atoms with E-state index in [9.17, 15) is 14.4 Å². The quantitative estimate of drug-likeness (QED) is 0.0747. The van der Waals surface area contributed by atoms with Crippen molar-refractivity contribution in [1.29, 1.82) is 0 Å². The van der Waals surface area contributed by atoms with E-state index in [1.807, 2.05) is 51.1 Å². The number of esters is 2. The number of hydrogen-bond donors (Lipinski definition) is 1. The van der Waals surface area contributed by atoms with Crippen LogP contribution < -0.4 is 10.1 Å². The lowest BCUT2D eigenvalue weighted by atomic mass is 10.2. The van der Waals surface area contributed by atoms with Crippen LogP contribution in [-0.2, 0) is 82.5 Å². The fraction of sp³-hybridized carbons (Fsp3) is 0.681. The van der Waals surface area contributed by atoms with Gasteiger partial charge >= 0.3 is 11.9 Å². The predicted octanol–water partition coefficient (Wildman–Crippen LogP) is 3.47. The molecule has 66 heavy (non-hydrogen) atoms. The van der Waals surface area contributed by atoms with Crippen LogP contribution in [0.1, 0.15) is 43.1 Å². The summed E-state index contributed by atoms with van der Waals surface area (Å²) in [7, 11) is 0. The molecule has 0 saturated carbocycles. The van der Waals surface area contributed by atoms with E-state index in [4.69, 9.17) is 71.1 Å². The van der Waals surface area contributed by atoms with E-state index in [-0.39, 0.29) is 31.5 Å². The van der Waals surface area contributed by atoms with Crippen molar-refractivity contribution in [3.05, 3.63) is 65.7 Å². The molecule has 1 N–H and O–H groups in total. The maximum atomic E-state index is 12.4. The van der Waals surface area contributed by atoms with Gasteiger partial charge in [0.1, 0.15) is 18.0 Å². The third-order valence-electron chi connectivity index (χ3n) is 8.18. The van der Waals surface area contributed by atoms with Crippen molar-refractivity contribution in [2.75, 3.05) is 172 Å². The van der Waals surface area contributed by atoms with Gasteiger partial charge in [-0.3, -0.25) is 9.59 Å². The van der Waals surface area contributed by atoms with E-state index in [1.165, 1.54) is 0 Å². The second-order valence-electron chi connectivity index (χ2n) is 14.9. The highest BCUT2D eigenvalue weighted by atomic mass is 16.6. The molecule has 0 bridgehead atoms. The normalized spacial score (nSPS) is 11.4. The fourth-order valence-electron chi connectivity index (χ4n) is 5.05. The SMILES string of the molecule is CC(C)(C)OC(=O)CCOCCOCCOCCOCCOCCOCCOCCOCCOCCOCCOCCOCCNC(=O)COc1cccc(C(=O)OCc2ccccc2)c1. The van der Waals surface area contributed by atoms with Crippen molar-refractivity contribution >= 4 is 17.8 Å². The first-order valence-electron chi connectivity index (χ1n) is 22.6. The average molecular weight is 942 g/mol. The van der Waals surface area contributed by atoms with Crippen molar-refractivity contribution in [1.82, 2.24) is 5.32 Å². The number of hydrogen-bond acceptors (Lipinski definition) is 18. The molecule has 0 fully saturated rings. The number of carbonyl (C=O) groups is 3. The molecule has 2 aromatic rings. The van der Waals surface area contributed by atoms with E-state index >= 15 is 0 Å². The van der Waals surface area contributed by atoms with Gasteiger partial charge in [0.05, 0.1) is 171 Å². The first-order valence-corrected chi connectivity index (χ1v) is 22.6.